The van der Waals surface area contributed by atoms with Crippen LogP contribution >= 0.6 is 0 Å². The molecule has 1 aromatic rings. The molecule has 1 aromatic carbocycles. The van der Waals surface area contributed by atoms with E-state index in [0.717, 1.165) is 16.7 Å². The summed E-state index contributed by atoms with van der Waals surface area (Å²) in [6.07, 6.45) is 1.87. The molecule has 0 heterocycles. The van der Waals surface area contributed by atoms with E-state index in [-0.39, 0.29) is 6.10 Å². The highest BCUT2D eigenvalue weighted by molar-refractivity contribution is 5.74. The molecule has 1 rings (SSSR count). The lowest BCUT2D eigenvalue weighted by Gasteiger charge is -2.15. The Morgan fingerprint density at radius 3 is 2.64 bits per heavy atom. The fraction of sp³-hybridized carbons (Fsp3) is 0.231. The first-order valence-corrected chi connectivity index (χ1v) is 4.64. The fourth-order valence-corrected chi connectivity index (χ4v) is 1.33. The van der Waals surface area contributed by atoms with Crippen LogP contribution in [0.1, 0.15) is 18.1 Å². The summed E-state index contributed by atoms with van der Waals surface area (Å²) in [5, 5.41) is 0. The van der Waals surface area contributed by atoms with Crippen molar-refractivity contribution in [1.82, 2.24) is 0 Å². The molecule has 0 spiro atoms. The Kier molecular flexibility index (Phi) is 3.66. The number of ether oxygens (including phenoxy) is 1. The van der Waals surface area contributed by atoms with Crippen molar-refractivity contribution in [2.45, 2.75) is 13.0 Å². The SMILES string of the molecule is C=Cc1ccccc1C(=C)C(C)OC. The van der Waals surface area contributed by atoms with Gasteiger partial charge in [-0.3, -0.25) is 0 Å². The third kappa shape index (κ3) is 2.12. The van der Waals surface area contributed by atoms with Crippen molar-refractivity contribution < 1.29 is 4.74 Å². The van der Waals surface area contributed by atoms with Crippen molar-refractivity contribution in [2.75, 3.05) is 7.11 Å². The molecule has 1 atom stereocenters. The topological polar surface area (TPSA) is 9.23 Å². The summed E-state index contributed by atoms with van der Waals surface area (Å²) in [6, 6.07) is 8.05. The first kappa shape index (κ1) is 10.7. The summed E-state index contributed by atoms with van der Waals surface area (Å²) in [6.45, 7) is 9.80. The number of methoxy groups -OCH3 is 1. The minimum absolute atomic E-state index is 0.0381. The Labute approximate surface area is 85.7 Å². The molecule has 74 valence electrons. The molecule has 0 radical (unpaired) electrons. The van der Waals surface area contributed by atoms with Crippen molar-refractivity contribution in [3.05, 3.63) is 48.6 Å². The molecule has 0 amide bonds. The van der Waals surface area contributed by atoms with Gasteiger partial charge in [0.25, 0.3) is 0 Å². The van der Waals surface area contributed by atoms with Gasteiger partial charge in [-0.25, -0.2) is 0 Å². The Balaban J connectivity index is 3.05. The van der Waals surface area contributed by atoms with Crippen LogP contribution in [0.2, 0.25) is 0 Å². The van der Waals surface area contributed by atoms with Crippen LogP contribution in [-0.4, -0.2) is 13.2 Å². The summed E-state index contributed by atoms with van der Waals surface area (Å²) >= 11 is 0. The zero-order chi connectivity index (χ0) is 10.6. The molecule has 0 fully saturated rings. The van der Waals surface area contributed by atoms with E-state index in [1.165, 1.54) is 0 Å². The molecule has 14 heavy (non-hydrogen) atoms. The van der Waals surface area contributed by atoms with E-state index in [1.54, 1.807) is 7.11 Å². The van der Waals surface area contributed by atoms with Crippen molar-refractivity contribution >= 4 is 11.6 Å². The second-order valence-corrected chi connectivity index (χ2v) is 3.19. The van der Waals surface area contributed by atoms with Gasteiger partial charge in [-0.2, -0.15) is 0 Å². The number of rotatable bonds is 4. The van der Waals surface area contributed by atoms with E-state index < -0.39 is 0 Å². The maximum absolute atomic E-state index is 5.23. The lowest BCUT2D eigenvalue weighted by atomic mass is 9.98. The van der Waals surface area contributed by atoms with Gasteiger partial charge in [0, 0.05) is 7.11 Å². The van der Waals surface area contributed by atoms with Crippen molar-refractivity contribution in [3.8, 4) is 0 Å². The summed E-state index contributed by atoms with van der Waals surface area (Å²) in [5.41, 5.74) is 3.20. The van der Waals surface area contributed by atoms with Gasteiger partial charge in [0.15, 0.2) is 0 Å². The fourth-order valence-electron chi connectivity index (χ4n) is 1.33. The Hall–Kier alpha value is -1.34. The molecular weight excluding hydrogens is 172 g/mol. The first-order valence-electron chi connectivity index (χ1n) is 4.64. The Bertz CT molecular complexity index is 339. The molecule has 0 N–H and O–H groups in total. The van der Waals surface area contributed by atoms with Crippen molar-refractivity contribution in [2.24, 2.45) is 0 Å². The molecule has 0 aliphatic heterocycles. The van der Waals surface area contributed by atoms with Gasteiger partial charge < -0.3 is 4.74 Å². The minimum atomic E-state index is 0.0381. The lowest BCUT2D eigenvalue weighted by molar-refractivity contribution is 0.164. The van der Waals surface area contributed by atoms with Crippen LogP contribution < -0.4 is 0 Å². The minimum Gasteiger partial charge on any atom is -0.377 e. The highest BCUT2D eigenvalue weighted by Crippen LogP contribution is 2.22. The molecule has 0 aromatic heterocycles. The molecule has 1 heteroatoms. The molecule has 0 aliphatic rings. The molecule has 1 nitrogen and oxygen atoms in total. The smallest absolute Gasteiger partial charge is 0.0793 e. The quantitative estimate of drug-likeness (QED) is 0.703. The van der Waals surface area contributed by atoms with Crippen LogP contribution in [-0.2, 0) is 4.74 Å². The maximum atomic E-state index is 5.23. The predicted molar refractivity (Wildman–Crippen MR) is 62.0 cm³/mol. The normalized spacial score (nSPS) is 12.1. The second kappa shape index (κ2) is 4.77. The van der Waals surface area contributed by atoms with E-state index in [1.807, 2.05) is 37.3 Å². The Morgan fingerprint density at radius 2 is 2.07 bits per heavy atom. The predicted octanol–water partition coefficient (Wildman–Crippen LogP) is 3.38. The van der Waals surface area contributed by atoms with Gasteiger partial charge in [0.05, 0.1) is 6.10 Å². The average molecular weight is 188 g/mol. The molecule has 1 unspecified atom stereocenters. The van der Waals surface area contributed by atoms with Crippen LogP contribution in [0.3, 0.4) is 0 Å². The summed E-state index contributed by atoms with van der Waals surface area (Å²) in [7, 11) is 1.69. The van der Waals surface area contributed by atoms with Crippen molar-refractivity contribution in [3.63, 3.8) is 0 Å². The highest BCUT2D eigenvalue weighted by Gasteiger charge is 2.09. The molecule has 0 saturated carbocycles. The van der Waals surface area contributed by atoms with Crippen LogP contribution in [0.15, 0.2) is 37.4 Å². The number of hydrogen-bond acceptors (Lipinski definition) is 1. The maximum Gasteiger partial charge on any atom is 0.0793 e. The standard InChI is InChI=1S/C13H16O/c1-5-12-8-6-7-9-13(12)10(2)11(3)14-4/h5-9,11H,1-2H2,3-4H3. The average Bonchev–Trinajstić information content (AvgIpc) is 2.26. The van der Waals surface area contributed by atoms with Crippen molar-refractivity contribution in [1.29, 1.82) is 0 Å². The molecule has 0 saturated heterocycles. The monoisotopic (exact) mass is 188 g/mol. The number of benzene rings is 1. The molecule has 0 bridgehead atoms. The third-order valence-electron chi connectivity index (χ3n) is 2.37. The molecule has 0 aliphatic carbocycles. The van der Waals surface area contributed by atoms with E-state index in [4.69, 9.17) is 4.74 Å². The summed E-state index contributed by atoms with van der Waals surface area (Å²) < 4.78 is 5.23. The van der Waals surface area contributed by atoms with Gasteiger partial charge in [-0.1, -0.05) is 43.5 Å². The Morgan fingerprint density at radius 1 is 1.43 bits per heavy atom. The summed E-state index contributed by atoms with van der Waals surface area (Å²) in [4.78, 5) is 0. The van der Waals surface area contributed by atoms with Gasteiger partial charge in [0.2, 0.25) is 0 Å². The third-order valence-corrected chi connectivity index (χ3v) is 2.37. The van der Waals surface area contributed by atoms with Crippen LogP contribution in [0, 0.1) is 0 Å². The van der Waals surface area contributed by atoms with E-state index in [2.05, 4.69) is 13.2 Å². The van der Waals surface area contributed by atoms with Crippen LogP contribution in [0.5, 0.6) is 0 Å². The number of hydrogen-bond donors (Lipinski definition) is 0. The van der Waals surface area contributed by atoms with E-state index in [0.29, 0.717) is 0 Å². The van der Waals surface area contributed by atoms with Crippen LogP contribution in [0.25, 0.3) is 11.6 Å². The van der Waals surface area contributed by atoms with E-state index >= 15 is 0 Å². The highest BCUT2D eigenvalue weighted by atomic mass is 16.5. The largest absolute Gasteiger partial charge is 0.377 e. The molecular formula is C13H16O. The van der Waals surface area contributed by atoms with Gasteiger partial charge in [-0.15, -0.1) is 0 Å². The van der Waals surface area contributed by atoms with Gasteiger partial charge in [-0.05, 0) is 23.6 Å². The van der Waals surface area contributed by atoms with Gasteiger partial charge in [0.1, 0.15) is 0 Å². The van der Waals surface area contributed by atoms with Crippen LogP contribution in [0.4, 0.5) is 0 Å². The zero-order valence-electron chi connectivity index (χ0n) is 8.79. The van der Waals surface area contributed by atoms with E-state index in [9.17, 15) is 0 Å². The zero-order valence-corrected chi connectivity index (χ0v) is 8.79. The lowest BCUT2D eigenvalue weighted by Crippen LogP contribution is -2.07. The summed E-state index contributed by atoms with van der Waals surface area (Å²) in [5.74, 6) is 0. The first-order chi connectivity index (χ1) is 6.70. The van der Waals surface area contributed by atoms with Gasteiger partial charge >= 0.3 is 0 Å². The second-order valence-electron chi connectivity index (χ2n) is 3.19.